The Morgan fingerprint density at radius 1 is 1.24 bits per heavy atom. The molecule has 0 radical (unpaired) electrons. The minimum atomic E-state index is 0.0806. The number of benzene rings is 1. The lowest BCUT2D eigenvalue weighted by atomic mass is 10.1. The predicted molar refractivity (Wildman–Crippen MR) is 87.3 cm³/mol. The van der Waals surface area contributed by atoms with Gasteiger partial charge in [-0.1, -0.05) is 32.0 Å². The highest BCUT2D eigenvalue weighted by Gasteiger charge is 2.14. The fourth-order valence-electron chi connectivity index (χ4n) is 2.65. The number of carbonyl (C=O) groups is 1. The molecular formula is C17H27N3O. The third kappa shape index (κ3) is 5.48. The zero-order valence-electron chi connectivity index (χ0n) is 13.2. The molecule has 1 aromatic carbocycles. The lowest BCUT2D eigenvalue weighted by Gasteiger charge is -2.18. The molecule has 0 aliphatic carbocycles. The molecule has 2 N–H and O–H groups in total. The van der Waals surface area contributed by atoms with Crippen LogP contribution in [0.25, 0.3) is 0 Å². The van der Waals surface area contributed by atoms with Crippen molar-refractivity contribution in [3.63, 3.8) is 0 Å². The van der Waals surface area contributed by atoms with Gasteiger partial charge in [-0.2, -0.15) is 0 Å². The molecule has 1 aromatic rings. The van der Waals surface area contributed by atoms with Gasteiger partial charge in [0.25, 0.3) is 0 Å². The van der Waals surface area contributed by atoms with Gasteiger partial charge >= 0.3 is 0 Å². The van der Waals surface area contributed by atoms with E-state index in [4.69, 9.17) is 0 Å². The van der Waals surface area contributed by atoms with E-state index in [0.29, 0.717) is 12.5 Å². The number of likely N-dealkylation sites (tertiary alicyclic amines) is 1. The number of para-hydroxylation sites is 1. The SMILES string of the molecule is CC(C)NCCC(=O)Nc1ccccc1CN1CCCC1. The van der Waals surface area contributed by atoms with E-state index in [1.165, 1.54) is 31.5 Å². The van der Waals surface area contributed by atoms with Crippen LogP contribution in [0.5, 0.6) is 0 Å². The van der Waals surface area contributed by atoms with Crippen LogP contribution in [0.1, 0.15) is 38.7 Å². The number of hydrogen-bond acceptors (Lipinski definition) is 3. The number of rotatable bonds is 7. The average Bonchev–Trinajstić information content (AvgIpc) is 2.93. The molecule has 0 aromatic heterocycles. The minimum absolute atomic E-state index is 0.0806. The number of carbonyl (C=O) groups excluding carboxylic acids is 1. The van der Waals surface area contributed by atoms with Gasteiger partial charge in [0, 0.05) is 31.2 Å². The molecule has 116 valence electrons. The van der Waals surface area contributed by atoms with Crippen molar-refractivity contribution < 1.29 is 4.79 Å². The van der Waals surface area contributed by atoms with Crippen molar-refractivity contribution in [2.45, 2.75) is 45.7 Å². The molecular weight excluding hydrogens is 262 g/mol. The molecule has 1 aliphatic heterocycles. The Bertz CT molecular complexity index is 453. The summed E-state index contributed by atoms with van der Waals surface area (Å²) in [7, 11) is 0. The summed E-state index contributed by atoms with van der Waals surface area (Å²) >= 11 is 0. The summed E-state index contributed by atoms with van der Waals surface area (Å²) in [6, 6.07) is 8.55. The predicted octanol–water partition coefficient (Wildman–Crippen LogP) is 2.61. The molecule has 21 heavy (non-hydrogen) atoms. The summed E-state index contributed by atoms with van der Waals surface area (Å²) in [6.07, 6.45) is 3.08. The number of hydrogen-bond donors (Lipinski definition) is 2. The van der Waals surface area contributed by atoms with Crippen LogP contribution in [0.15, 0.2) is 24.3 Å². The zero-order chi connectivity index (χ0) is 15.1. The van der Waals surface area contributed by atoms with Gasteiger partial charge in [-0.15, -0.1) is 0 Å². The molecule has 1 heterocycles. The molecule has 4 nitrogen and oxygen atoms in total. The number of nitrogens with zero attached hydrogens (tertiary/aromatic N) is 1. The molecule has 0 spiro atoms. The molecule has 2 rings (SSSR count). The van der Waals surface area contributed by atoms with Gasteiger partial charge in [0.2, 0.25) is 5.91 Å². The molecule has 1 fully saturated rings. The molecule has 1 amide bonds. The van der Waals surface area contributed by atoms with E-state index in [0.717, 1.165) is 18.8 Å². The lowest BCUT2D eigenvalue weighted by molar-refractivity contribution is -0.116. The maximum absolute atomic E-state index is 12.0. The fourth-order valence-corrected chi connectivity index (χ4v) is 2.65. The van der Waals surface area contributed by atoms with Crippen LogP contribution in [-0.2, 0) is 11.3 Å². The van der Waals surface area contributed by atoms with Crippen molar-refractivity contribution in [1.82, 2.24) is 10.2 Å². The van der Waals surface area contributed by atoms with E-state index in [-0.39, 0.29) is 5.91 Å². The van der Waals surface area contributed by atoms with Crippen LogP contribution < -0.4 is 10.6 Å². The van der Waals surface area contributed by atoms with Gasteiger partial charge in [-0.3, -0.25) is 9.69 Å². The van der Waals surface area contributed by atoms with Crippen molar-refractivity contribution in [3.05, 3.63) is 29.8 Å². The summed E-state index contributed by atoms with van der Waals surface area (Å²) in [4.78, 5) is 14.5. The van der Waals surface area contributed by atoms with Crippen LogP contribution in [0.2, 0.25) is 0 Å². The van der Waals surface area contributed by atoms with E-state index < -0.39 is 0 Å². The van der Waals surface area contributed by atoms with Crippen LogP contribution in [0, 0.1) is 0 Å². The smallest absolute Gasteiger partial charge is 0.225 e. The van der Waals surface area contributed by atoms with Crippen LogP contribution in [0.3, 0.4) is 0 Å². The van der Waals surface area contributed by atoms with Crippen LogP contribution in [0.4, 0.5) is 5.69 Å². The van der Waals surface area contributed by atoms with Crippen molar-refractivity contribution in [2.24, 2.45) is 0 Å². The Morgan fingerprint density at radius 3 is 2.67 bits per heavy atom. The summed E-state index contributed by atoms with van der Waals surface area (Å²) < 4.78 is 0. The van der Waals surface area contributed by atoms with Gasteiger partial charge in [0.05, 0.1) is 0 Å². The molecule has 4 heteroatoms. The van der Waals surface area contributed by atoms with Crippen molar-refractivity contribution in [1.29, 1.82) is 0 Å². The standard InChI is InChI=1S/C17H27N3O/c1-14(2)18-10-9-17(21)19-16-8-4-3-7-15(16)13-20-11-5-6-12-20/h3-4,7-8,14,18H,5-6,9-13H2,1-2H3,(H,19,21). The van der Waals surface area contributed by atoms with E-state index in [9.17, 15) is 4.79 Å². The number of nitrogens with one attached hydrogen (secondary N) is 2. The van der Waals surface area contributed by atoms with E-state index >= 15 is 0 Å². The Morgan fingerprint density at radius 2 is 1.95 bits per heavy atom. The van der Waals surface area contributed by atoms with Crippen LogP contribution in [-0.4, -0.2) is 36.5 Å². The third-order valence-electron chi connectivity index (χ3n) is 3.79. The molecule has 1 saturated heterocycles. The molecule has 0 bridgehead atoms. The van der Waals surface area contributed by atoms with Gasteiger partial charge in [0.15, 0.2) is 0 Å². The largest absolute Gasteiger partial charge is 0.326 e. The Balaban J connectivity index is 1.88. The van der Waals surface area contributed by atoms with Gasteiger partial charge in [0.1, 0.15) is 0 Å². The molecule has 0 atom stereocenters. The molecule has 0 unspecified atom stereocenters. The molecule has 1 aliphatic rings. The first-order chi connectivity index (χ1) is 10.1. The summed E-state index contributed by atoms with van der Waals surface area (Å²) in [5.41, 5.74) is 2.17. The first-order valence-corrected chi connectivity index (χ1v) is 7.98. The quantitative estimate of drug-likeness (QED) is 0.811. The second-order valence-electron chi connectivity index (χ2n) is 6.05. The number of amides is 1. The van der Waals surface area contributed by atoms with Crippen molar-refractivity contribution in [2.75, 3.05) is 25.0 Å². The topological polar surface area (TPSA) is 44.4 Å². The maximum Gasteiger partial charge on any atom is 0.225 e. The van der Waals surface area contributed by atoms with E-state index in [1.807, 2.05) is 18.2 Å². The highest BCUT2D eigenvalue weighted by atomic mass is 16.1. The second kappa shape index (κ2) is 8.15. The van der Waals surface area contributed by atoms with E-state index in [2.05, 4.69) is 35.4 Å². The summed E-state index contributed by atoms with van der Waals surface area (Å²) in [5.74, 6) is 0.0806. The third-order valence-corrected chi connectivity index (χ3v) is 3.79. The Kier molecular flexibility index (Phi) is 6.21. The molecule has 0 saturated carbocycles. The average molecular weight is 289 g/mol. The normalized spacial score (nSPS) is 15.6. The number of anilines is 1. The zero-order valence-corrected chi connectivity index (χ0v) is 13.2. The summed E-state index contributed by atoms with van der Waals surface area (Å²) in [6.45, 7) is 8.16. The van der Waals surface area contributed by atoms with Gasteiger partial charge in [-0.25, -0.2) is 0 Å². The fraction of sp³-hybridized carbons (Fsp3) is 0.588. The highest BCUT2D eigenvalue weighted by molar-refractivity contribution is 5.91. The Hall–Kier alpha value is -1.39. The highest BCUT2D eigenvalue weighted by Crippen LogP contribution is 2.20. The lowest BCUT2D eigenvalue weighted by Crippen LogP contribution is -2.27. The Labute approximate surface area is 127 Å². The first-order valence-electron chi connectivity index (χ1n) is 7.98. The van der Waals surface area contributed by atoms with Gasteiger partial charge < -0.3 is 10.6 Å². The monoisotopic (exact) mass is 289 g/mol. The van der Waals surface area contributed by atoms with Crippen molar-refractivity contribution >= 4 is 11.6 Å². The van der Waals surface area contributed by atoms with Gasteiger partial charge in [-0.05, 0) is 37.6 Å². The van der Waals surface area contributed by atoms with E-state index in [1.54, 1.807) is 0 Å². The second-order valence-corrected chi connectivity index (χ2v) is 6.05. The summed E-state index contributed by atoms with van der Waals surface area (Å²) in [5, 5.41) is 6.32. The maximum atomic E-state index is 12.0. The minimum Gasteiger partial charge on any atom is -0.326 e. The van der Waals surface area contributed by atoms with Crippen molar-refractivity contribution in [3.8, 4) is 0 Å². The first kappa shape index (κ1) is 16.0. The van der Waals surface area contributed by atoms with Crippen LogP contribution >= 0.6 is 0 Å².